The molecule has 92 valence electrons. The number of rotatable bonds is 1. The van der Waals surface area contributed by atoms with E-state index < -0.39 is 0 Å². The van der Waals surface area contributed by atoms with Crippen LogP contribution in [0.4, 0.5) is 0 Å². The van der Waals surface area contributed by atoms with E-state index in [1.54, 1.807) is 6.08 Å². The van der Waals surface area contributed by atoms with Gasteiger partial charge in [0.25, 0.3) is 0 Å². The second-order valence-corrected chi connectivity index (χ2v) is 5.87. The van der Waals surface area contributed by atoms with Crippen LogP contribution in [-0.4, -0.2) is 5.12 Å². The fourth-order valence-electron chi connectivity index (χ4n) is 1.51. The molecule has 1 nitrogen and oxygen atoms in total. The summed E-state index contributed by atoms with van der Waals surface area (Å²) in [6.45, 7) is 2.17. The molecular weight excluding hydrogens is 260 g/mol. The first-order valence-corrected chi connectivity index (χ1v) is 7.50. The minimum atomic E-state index is 0.103. The summed E-state index contributed by atoms with van der Waals surface area (Å²) in [5.74, 6) is 0. The average Bonchev–Trinajstić information content (AvgIpc) is 2.87. The molecule has 1 aromatic heterocycles. The fraction of sp³-hybridized carbons (Fsp3) is 0.133. The summed E-state index contributed by atoms with van der Waals surface area (Å²) in [7, 11) is 0. The van der Waals surface area contributed by atoms with Gasteiger partial charge in [0.2, 0.25) is 5.12 Å². The monoisotopic (exact) mass is 274 g/mol. The molecule has 0 atom stereocenters. The Bertz CT molecular complexity index is 541. The van der Waals surface area contributed by atoms with Crippen LogP contribution in [0.5, 0.6) is 0 Å². The van der Waals surface area contributed by atoms with E-state index in [2.05, 4.69) is 24.4 Å². The van der Waals surface area contributed by atoms with Gasteiger partial charge in [-0.2, -0.15) is 0 Å². The van der Waals surface area contributed by atoms with Crippen LogP contribution in [0.25, 0.3) is 6.08 Å². The van der Waals surface area contributed by atoms with Crippen molar-refractivity contribution < 1.29 is 4.79 Å². The normalized spacial score (nSPS) is 12.6. The second-order valence-electron chi connectivity index (χ2n) is 3.76. The van der Waals surface area contributed by atoms with Crippen LogP contribution in [0, 0.1) is 0 Å². The van der Waals surface area contributed by atoms with Gasteiger partial charge < -0.3 is 0 Å². The molecule has 0 N–H and O–H groups in total. The summed E-state index contributed by atoms with van der Waals surface area (Å²) in [5, 5.41) is 2.21. The van der Waals surface area contributed by atoms with Gasteiger partial charge in [0.15, 0.2) is 0 Å². The molecule has 0 aliphatic carbocycles. The molecule has 1 aromatic carbocycles. The van der Waals surface area contributed by atoms with Crippen molar-refractivity contribution >= 4 is 34.3 Å². The van der Waals surface area contributed by atoms with Gasteiger partial charge in [-0.25, -0.2) is 0 Å². The lowest BCUT2D eigenvalue weighted by atomic mass is 10.2. The Kier molecular flexibility index (Phi) is 4.79. The first-order valence-electron chi connectivity index (χ1n) is 5.80. The molecular formula is C15H14OS2. The predicted octanol–water partition coefficient (Wildman–Crippen LogP) is 4.64. The number of aryl methyl sites for hydroxylation is 1. The van der Waals surface area contributed by atoms with E-state index in [1.165, 1.54) is 23.1 Å². The zero-order chi connectivity index (χ0) is 12.8. The highest BCUT2D eigenvalue weighted by molar-refractivity contribution is 8.14. The third-order valence-electron chi connectivity index (χ3n) is 2.42. The number of thioether (sulfide) groups is 1. The fourth-order valence-corrected chi connectivity index (χ4v) is 2.88. The maximum atomic E-state index is 11.0. The standard InChI is InChI=1S/C9H6OS.C6H8S/c10-9-5-4-7-2-1-3-8(6-7)11-9;1-2-6-4-3-5-7-6/h1-6H;3-5H,2H2,1H3. The third-order valence-corrected chi connectivity index (χ3v) is 4.26. The highest BCUT2D eigenvalue weighted by atomic mass is 32.2. The highest BCUT2D eigenvalue weighted by Gasteiger charge is 2.04. The molecule has 0 fully saturated rings. The lowest BCUT2D eigenvalue weighted by molar-refractivity contribution is -0.106. The Labute approximate surface area is 116 Å². The van der Waals surface area contributed by atoms with Gasteiger partial charge in [-0.05, 0) is 53.4 Å². The van der Waals surface area contributed by atoms with Crippen molar-refractivity contribution in [2.24, 2.45) is 0 Å². The van der Waals surface area contributed by atoms with Crippen molar-refractivity contribution in [3.05, 3.63) is 58.3 Å². The molecule has 3 heteroatoms. The van der Waals surface area contributed by atoms with Gasteiger partial charge in [-0.3, -0.25) is 4.79 Å². The molecule has 3 rings (SSSR count). The summed E-state index contributed by atoms with van der Waals surface area (Å²) in [5.41, 5.74) is 1.10. The molecule has 0 radical (unpaired) electrons. The van der Waals surface area contributed by atoms with Crippen molar-refractivity contribution in [2.45, 2.75) is 18.2 Å². The minimum Gasteiger partial charge on any atom is -0.282 e. The zero-order valence-electron chi connectivity index (χ0n) is 10.1. The van der Waals surface area contributed by atoms with E-state index >= 15 is 0 Å². The Balaban J connectivity index is 0.000000149. The summed E-state index contributed by atoms with van der Waals surface area (Å²) >= 11 is 3.09. The van der Waals surface area contributed by atoms with Crippen molar-refractivity contribution in [1.82, 2.24) is 0 Å². The quantitative estimate of drug-likeness (QED) is 0.753. The van der Waals surface area contributed by atoms with Crippen molar-refractivity contribution in [3.63, 3.8) is 0 Å². The van der Waals surface area contributed by atoms with Crippen molar-refractivity contribution in [1.29, 1.82) is 0 Å². The predicted molar refractivity (Wildman–Crippen MR) is 80.0 cm³/mol. The molecule has 0 spiro atoms. The first-order chi connectivity index (χ1) is 8.78. The number of thiophene rings is 1. The smallest absolute Gasteiger partial charge is 0.216 e. The van der Waals surface area contributed by atoms with Crippen LogP contribution >= 0.6 is 23.1 Å². The van der Waals surface area contributed by atoms with E-state index in [0.717, 1.165) is 10.5 Å². The molecule has 0 saturated carbocycles. The molecule has 0 saturated heterocycles. The van der Waals surface area contributed by atoms with Crippen molar-refractivity contribution in [3.8, 4) is 0 Å². The average molecular weight is 274 g/mol. The van der Waals surface area contributed by atoms with Gasteiger partial charge in [-0.15, -0.1) is 11.3 Å². The van der Waals surface area contributed by atoms with E-state index in [1.807, 2.05) is 41.7 Å². The maximum Gasteiger partial charge on any atom is 0.216 e. The number of benzene rings is 1. The number of hydrogen-bond acceptors (Lipinski definition) is 3. The van der Waals surface area contributed by atoms with Gasteiger partial charge in [0.05, 0.1) is 0 Å². The second kappa shape index (κ2) is 6.57. The molecule has 0 amide bonds. The molecule has 1 aliphatic rings. The van der Waals surface area contributed by atoms with E-state index in [-0.39, 0.29) is 5.12 Å². The lowest BCUT2D eigenvalue weighted by Gasteiger charge is -1.93. The number of hydrogen-bond donors (Lipinski definition) is 0. The Hall–Kier alpha value is -1.32. The van der Waals surface area contributed by atoms with Gasteiger partial charge >= 0.3 is 0 Å². The molecule has 2 bridgehead atoms. The first kappa shape index (κ1) is 13.1. The zero-order valence-corrected chi connectivity index (χ0v) is 11.8. The Morgan fingerprint density at radius 3 is 2.67 bits per heavy atom. The largest absolute Gasteiger partial charge is 0.282 e. The number of carbonyl (C=O) groups is 1. The molecule has 1 aliphatic heterocycles. The van der Waals surface area contributed by atoms with Gasteiger partial charge in [0, 0.05) is 9.77 Å². The van der Waals surface area contributed by atoms with Crippen LogP contribution in [0.3, 0.4) is 0 Å². The van der Waals surface area contributed by atoms with Crippen molar-refractivity contribution in [2.75, 3.05) is 0 Å². The van der Waals surface area contributed by atoms with Gasteiger partial charge in [-0.1, -0.05) is 31.2 Å². The molecule has 2 aromatic rings. The number of carbonyl (C=O) groups excluding carboxylic acids is 1. The summed E-state index contributed by atoms with van der Waals surface area (Å²) in [6, 6.07) is 12.1. The molecule has 0 unspecified atom stereocenters. The van der Waals surface area contributed by atoms with Crippen LogP contribution in [0.15, 0.2) is 52.7 Å². The maximum absolute atomic E-state index is 11.0. The molecule has 2 heterocycles. The Morgan fingerprint density at radius 2 is 2.00 bits per heavy atom. The molecule has 18 heavy (non-hydrogen) atoms. The summed E-state index contributed by atoms with van der Waals surface area (Å²) < 4.78 is 0. The van der Waals surface area contributed by atoms with Crippen LogP contribution < -0.4 is 0 Å². The van der Waals surface area contributed by atoms with Crippen LogP contribution in [-0.2, 0) is 11.2 Å². The third kappa shape index (κ3) is 3.86. The van der Waals surface area contributed by atoms with Gasteiger partial charge in [0.1, 0.15) is 0 Å². The highest BCUT2D eigenvalue weighted by Crippen LogP contribution is 2.24. The minimum absolute atomic E-state index is 0.103. The van der Waals surface area contributed by atoms with Crippen LogP contribution in [0.2, 0.25) is 0 Å². The lowest BCUT2D eigenvalue weighted by Crippen LogP contribution is -1.79. The van der Waals surface area contributed by atoms with Crippen LogP contribution in [0.1, 0.15) is 17.4 Å². The van der Waals surface area contributed by atoms with E-state index in [9.17, 15) is 4.79 Å². The topological polar surface area (TPSA) is 17.1 Å². The Morgan fingerprint density at radius 1 is 1.11 bits per heavy atom. The summed E-state index contributed by atoms with van der Waals surface area (Å²) in [6.07, 6.45) is 4.62. The van der Waals surface area contributed by atoms with E-state index in [0.29, 0.717) is 0 Å². The summed E-state index contributed by atoms with van der Waals surface area (Å²) in [4.78, 5) is 13.5. The SMILES string of the molecule is CCc1cccs1.O=C1C=Cc2cccc(c2)S1. The van der Waals surface area contributed by atoms with E-state index in [4.69, 9.17) is 0 Å². The number of fused-ring (bicyclic) bond motifs is 2.